The molecule has 17 heavy (non-hydrogen) atoms. The monoisotopic (exact) mass is 238 g/mol. The highest BCUT2D eigenvalue weighted by atomic mass is 16.5. The van der Waals surface area contributed by atoms with Crippen molar-refractivity contribution in [3.63, 3.8) is 0 Å². The maximum absolute atomic E-state index is 11.4. The van der Waals surface area contributed by atoms with Gasteiger partial charge in [-0.05, 0) is 19.1 Å². The van der Waals surface area contributed by atoms with E-state index in [0.29, 0.717) is 18.8 Å². The molecule has 2 N–H and O–H groups in total. The summed E-state index contributed by atoms with van der Waals surface area (Å²) in [6.07, 6.45) is 0. The van der Waals surface area contributed by atoms with Gasteiger partial charge in [-0.15, -0.1) is 0 Å². The Kier molecular flexibility index (Phi) is 5.09. The first-order valence-electron chi connectivity index (χ1n) is 5.19. The lowest BCUT2D eigenvalue weighted by Crippen LogP contribution is -2.22. The Labute approximate surface area is 98.6 Å². The van der Waals surface area contributed by atoms with Crippen molar-refractivity contribution >= 4 is 11.9 Å². The predicted molar refractivity (Wildman–Crippen MR) is 59.5 cm³/mol. The highest BCUT2D eigenvalue weighted by molar-refractivity contribution is 5.87. The molecule has 0 unspecified atom stereocenters. The van der Waals surface area contributed by atoms with Gasteiger partial charge in [0.15, 0.2) is 0 Å². The number of aromatic nitrogens is 1. The number of ether oxygens (including phenoxy) is 1. The second kappa shape index (κ2) is 6.59. The highest BCUT2D eigenvalue weighted by Gasteiger charge is 2.08. The van der Waals surface area contributed by atoms with Gasteiger partial charge in [-0.2, -0.15) is 0 Å². The fourth-order valence-corrected chi connectivity index (χ4v) is 1.19. The first kappa shape index (κ1) is 13.1. The molecule has 6 heteroatoms. The molecule has 0 atom stereocenters. The molecule has 0 bridgehead atoms. The quantitative estimate of drug-likeness (QED) is 0.699. The summed E-state index contributed by atoms with van der Waals surface area (Å²) in [6, 6.07) is 4.94. The van der Waals surface area contributed by atoms with Gasteiger partial charge in [0.1, 0.15) is 5.69 Å². The summed E-state index contributed by atoms with van der Waals surface area (Å²) in [5.74, 6) is -1.42. The van der Waals surface area contributed by atoms with Crippen LogP contribution in [0.3, 0.4) is 0 Å². The summed E-state index contributed by atoms with van der Waals surface area (Å²) in [5, 5.41) is 11.1. The second-order valence-corrected chi connectivity index (χ2v) is 3.23. The third kappa shape index (κ3) is 4.60. The predicted octanol–water partition coefficient (Wildman–Crippen LogP) is 0.433. The zero-order valence-corrected chi connectivity index (χ0v) is 9.47. The van der Waals surface area contributed by atoms with Gasteiger partial charge >= 0.3 is 11.9 Å². The topological polar surface area (TPSA) is 88.5 Å². The van der Waals surface area contributed by atoms with Crippen molar-refractivity contribution in [2.24, 2.45) is 0 Å². The molecule has 1 aromatic rings. The fraction of sp³-hybridized carbons (Fsp3) is 0.364. The van der Waals surface area contributed by atoms with Crippen molar-refractivity contribution in [1.29, 1.82) is 0 Å². The molecule has 0 spiro atoms. The van der Waals surface area contributed by atoms with Gasteiger partial charge in [0.25, 0.3) is 0 Å². The minimum absolute atomic E-state index is 0.148. The van der Waals surface area contributed by atoms with Crippen LogP contribution in [0.5, 0.6) is 0 Å². The molecule has 0 aliphatic heterocycles. The molecule has 0 saturated carbocycles. The molecule has 1 aromatic heterocycles. The van der Waals surface area contributed by atoms with Gasteiger partial charge in [-0.3, -0.25) is 4.79 Å². The molecule has 0 aromatic carbocycles. The molecule has 0 saturated heterocycles. The van der Waals surface area contributed by atoms with Gasteiger partial charge in [-0.1, -0.05) is 6.07 Å². The van der Waals surface area contributed by atoms with Crippen LogP contribution in [0.1, 0.15) is 23.1 Å². The van der Waals surface area contributed by atoms with Gasteiger partial charge in [0.05, 0.1) is 18.8 Å². The number of nitrogens with zero attached hydrogens (tertiary/aromatic N) is 1. The Morgan fingerprint density at radius 1 is 1.47 bits per heavy atom. The number of hydrogen-bond donors (Lipinski definition) is 2. The number of aliphatic carboxylic acids is 1. The fourth-order valence-electron chi connectivity index (χ4n) is 1.19. The summed E-state index contributed by atoms with van der Waals surface area (Å²) >= 11 is 0. The molecule has 0 aliphatic rings. The largest absolute Gasteiger partial charge is 0.480 e. The van der Waals surface area contributed by atoms with Crippen LogP contribution in [-0.2, 0) is 16.1 Å². The van der Waals surface area contributed by atoms with Crippen LogP contribution < -0.4 is 5.32 Å². The van der Waals surface area contributed by atoms with Gasteiger partial charge < -0.3 is 15.2 Å². The summed E-state index contributed by atoms with van der Waals surface area (Å²) < 4.78 is 4.81. The molecular formula is C11H14N2O4. The van der Waals surface area contributed by atoms with E-state index in [1.807, 2.05) is 0 Å². The molecule has 92 valence electrons. The summed E-state index contributed by atoms with van der Waals surface area (Å²) in [5.41, 5.74) is 0.818. The van der Waals surface area contributed by atoms with E-state index in [2.05, 4.69) is 10.3 Å². The molecule has 1 heterocycles. The van der Waals surface area contributed by atoms with Crippen molar-refractivity contribution in [3.8, 4) is 0 Å². The third-order valence-electron chi connectivity index (χ3n) is 1.87. The Morgan fingerprint density at radius 2 is 2.24 bits per heavy atom. The number of rotatable bonds is 6. The number of hydrogen-bond acceptors (Lipinski definition) is 5. The van der Waals surface area contributed by atoms with Crippen LogP contribution in [0.4, 0.5) is 0 Å². The number of nitrogens with one attached hydrogen (secondary N) is 1. The first-order valence-corrected chi connectivity index (χ1v) is 5.19. The Morgan fingerprint density at radius 3 is 2.88 bits per heavy atom. The van der Waals surface area contributed by atoms with E-state index >= 15 is 0 Å². The minimum Gasteiger partial charge on any atom is -0.480 e. The number of carboxylic acid groups (broad SMARTS) is 1. The number of carbonyl (C=O) groups is 2. The van der Waals surface area contributed by atoms with Crippen molar-refractivity contribution in [2.75, 3.05) is 13.2 Å². The number of carboxylic acids is 1. The molecule has 0 fully saturated rings. The molecule has 6 nitrogen and oxygen atoms in total. The Hall–Kier alpha value is -1.95. The molecule has 0 amide bonds. The van der Waals surface area contributed by atoms with Crippen molar-refractivity contribution in [3.05, 3.63) is 29.6 Å². The van der Waals surface area contributed by atoms with Crippen molar-refractivity contribution < 1.29 is 19.4 Å². The Balaban J connectivity index is 2.59. The number of pyridine rings is 1. The zero-order valence-electron chi connectivity index (χ0n) is 9.47. The second-order valence-electron chi connectivity index (χ2n) is 3.23. The Bertz CT molecular complexity index is 406. The van der Waals surface area contributed by atoms with E-state index in [4.69, 9.17) is 9.84 Å². The standard InChI is InChI=1S/C11H14N2O4/c1-2-17-11(16)9-5-3-4-8(13-9)6-12-7-10(14)15/h3-5,12H,2,6-7H2,1H3,(H,14,15). The van der Waals surface area contributed by atoms with E-state index < -0.39 is 11.9 Å². The lowest BCUT2D eigenvalue weighted by Gasteiger charge is -2.04. The van der Waals surface area contributed by atoms with Gasteiger partial charge in [-0.25, -0.2) is 9.78 Å². The lowest BCUT2D eigenvalue weighted by atomic mass is 10.3. The van der Waals surface area contributed by atoms with Crippen LogP contribution in [0.2, 0.25) is 0 Å². The summed E-state index contributed by atoms with van der Waals surface area (Å²) in [6.45, 7) is 2.16. The van der Waals surface area contributed by atoms with Crippen LogP contribution in [0.15, 0.2) is 18.2 Å². The molecule has 0 aliphatic carbocycles. The first-order chi connectivity index (χ1) is 8.13. The van der Waals surface area contributed by atoms with E-state index in [9.17, 15) is 9.59 Å². The SMILES string of the molecule is CCOC(=O)c1cccc(CNCC(=O)O)n1. The van der Waals surface area contributed by atoms with Gasteiger partial charge in [0.2, 0.25) is 0 Å². The molecule has 1 rings (SSSR count). The van der Waals surface area contributed by atoms with Gasteiger partial charge in [0, 0.05) is 6.54 Å². The smallest absolute Gasteiger partial charge is 0.356 e. The van der Waals surface area contributed by atoms with Crippen LogP contribution in [0.25, 0.3) is 0 Å². The molecule has 0 radical (unpaired) electrons. The van der Waals surface area contributed by atoms with E-state index in [1.54, 1.807) is 25.1 Å². The van der Waals surface area contributed by atoms with Crippen LogP contribution in [-0.4, -0.2) is 35.2 Å². The van der Waals surface area contributed by atoms with E-state index in [1.165, 1.54) is 0 Å². The highest BCUT2D eigenvalue weighted by Crippen LogP contribution is 2.01. The third-order valence-corrected chi connectivity index (χ3v) is 1.87. The maximum Gasteiger partial charge on any atom is 0.356 e. The summed E-state index contributed by atoms with van der Waals surface area (Å²) in [4.78, 5) is 25.7. The van der Waals surface area contributed by atoms with Crippen molar-refractivity contribution in [1.82, 2.24) is 10.3 Å². The van der Waals surface area contributed by atoms with Crippen molar-refractivity contribution in [2.45, 2.75) is 13.5 Å². The zero-order chi connectivity index (χ0) is 12.7. The van der Waals surface area contributed by atoms with E-state index in [-0.39, 0.29) is 12.2 Å². The normalized spacial score (nSPS) is 9.94. The summed E-state index contributed by atoms with van der Waals surface area (Å²) in [7, 11) is 0. The average Bonchev–Trinajstić information content (AvgIpc) is 2.29. The minimum atomic E-state index is -0.938. The van der Waals surface area contributed by atoms with Crippen LogP contribution in [0, 0.1) is 0 Å². The van der Waals surface area contributed by atoms with Crippen LogP contribution >= 0.6 is 0 Å². The molecular weight excluding hydrogens is 224 g/mol. The number of esters is 1. The average molecular weight is 238 g/mol. The van der Waals surface area contributed by atoms with E-state index in [0.717, 1.165) is 0 Å². The maximum atomic E-state index is 11.4. The number of carbonyl (C=O) groups excluding carboxylic acids is 1. The lowest BCUT2D eigenvalue weighted by molar-refractivity contribution is -0.136.